The number of thiophene rings is 1. The van der Waals surface area contributed by atoms with E-state index in [0.717, 1.165) is 32.2 Å². The molecule has 108 valence electrons. The summed E-state index contributed by atoms with van der Waals surface area (Å²) < 4.78 is 15.5. The molecule has 0 aromatic carbocycles. The summed E-state index contributed by atoms with van der Waals surface area (Å²) in [6.45, 7) is 2.97. The Labute approximate surface area is 123 Å². The first-order valence-corrected chi connectivity index (χ1v) is 8.35. The first kappa shape index (κ1) is 13.8. The van der Waals surface area contributed by atoms with E-state index < -0.39 is 5.67 Å². The number of rotatable bonds is 1. The molecule has 0 N–H and O–H groups in total. The molecule has 3 heterocycles. The Balaban J connectivity index is 0.000000124. The monoisotopic (exact) mass is 292 g/mol. The molecule has 2 aliphatic rings. The SMILES string of the molecule is CCC1(F)CCCCC1.c1cc2c(s1)Cn1cncc1-2. The van der Waals surface area contributed by atoms with Crippen molar-refractivity contribution in [2.75, 3.05) is 0 Å². The van der Waals surface area contributed by atoms with E-state index in [0.29, 0.717) is 6.42 Å². The van der Waals surface area contributed by atoms with Crippen molar-refractivity contribution in [2.45, 2.75) is 57.7 Å². The first-order valence-electron chi connectivity index (χ1n) is 7.48. The number of halogens is 1. The lowest BCUT2D eigenvalue weighted by Gasteiger charge is -2.27. The van der Waals surface area contributed by atoms with Crippen molar-refractivity contribution in [2.24, 2.45) is 0 Å². The highest BCUT2D eigenvalue weighted by atomic mass is 32.1. The average molecular weight is 292 g/mol. The third-order valence-electron chi connectivity index (χ3n) is 4.43. The third kappa shape index (κ3) is 2.66. The van der Waals surface area contributed by atoms with E-state index in [-0.39, 0.29) is 0 Å². The van der Waals surface area contributed by atoms with Crippen molar-refractivity contribution in [3.63, 3.8) is 0 Å². The molecule has 0 spiro atoms. The van der Waals surface area contributed by atoms with Crippen LogP contribution in [0.1, 0.15) is 50.3 Å². The fourth-order valence-corrected chi connectivity index (χ4v) is 3.94. The van der Waals surface area contributed by atoms with Crippen LogP contribution in [0.15, 0.2) is 24.0 Å². The van der Waals surface area contributed by atoms with Crippen LogP contribution in [0.5, 0.6) is 0 Å². The normalized spacial score (nSPS) is 18.9. The maximum Gasteiger partial charge on any atom is 0.110 e. The van der Waals surface area contributed by atoms with Gasteiger partial charge in [0.15, 0.2) is 0 Å². The topological polar surface area (TPSA) is 17.8 Å². The van der Waals surface area contributed by atoms with Gasteiger partial charge in [-0.2, -0.15) is 0 Å². The number of fused-ring (bicyclic) bond motifs is 3. The van der Waals surface area contributed by atoms with Crippen LogP contribution in [-0.2, 0) is 6.54 Å². The lowest BCUT2D eigenvalue weighted by atomic mass is 9.85. The molecule has 0 amide bonds. The summed E-state index contributed by atoms with van der Waals surface area (Å²) in [6.07, 6.45) is 9.60. The highest BCUT2D eigenvalue weighted by molar-refractivity contribution is 7.10. The van der Waals surface area contributed by atoms with Gasteiger partial charge in [-0.25, -0.2) is 9.37 Å². The molecule has 0 unspecified atom stereocenters. The minimum absolute atomic E-state index is 0.715. The van der Waals surface area contributed by atoms with Crippen LogP contribution in [-0.4, -0.2) is 15.2 Å². The van der Waals surface area contributed by atoms with Gasteiger partial charge in [-0.3, -0.25) is 0 Å². The molecular weight excluding hydrogens is 271 g/mol. The minimum atomic E-state index is -0.780. The Hall–Kier alpha value is -1.16. The van der Waals surface area contributed by atoms with Crippen molar-refractivity contribution in [1.82, 2.24) is 9.55 Å². The van der Waals surface area contributed by atoms with Gasteiger partial charge in [0, 0.05) is 10.4 Å². The van der Waals surface area contributed by atoms with E-state index in [2.05, 4.69) is 21.0 Å². The summed E-state index contributed by atoms with van der Waals surface area (Å²) in [6, 6.07) is 2.17. The molecule has 0 bridgehead atoms. The molecule has 1 aliphatic carbocycles. The predicted molar refractivity (Wildman–Crippen MR) is 81.9 cm³/mol. The van der Waals surface area contributed by atoms with Crippen molar-refractivity contribution in [3.8, 4) is 11.3 Å². The second-order valence-corrected chi connectivity index (χ2v) is 6.73. The number of alkyl halides is 1. The number of hydrogen-bond donors (Lipinski definition) is 0. The van der Waals surface area contributed by atoms with Gasteiger partial charge < -0.3 is 4.57 Å². The smallest absolute Gasteiger partial charge is 0.110 e. The number of aromatic nitrogens is 2. The van der Waals surface area contributed by atoms with Crippen LogP contribution < -0.4 is 0 Å². The molecule has 20 heavy (non-hydrogen) atoms. The van der Waals surface area contributed by atoms with Gasteiger partial charge in [-0.05, 0) is 30.7 Å². The molecule has 0 saturated heterocycles. The Morgan fingerprint density at radius 2 is 2.15 bits per heavy atom. The first-order chi connectivity index (χ1) is 9.72. The zero-order valence-corrected chi connectivity index (χ0v) is 12.8. The van der Waals surface area contributed by atoms with Crippen LogP contribution in [0.25, 0.3) is 11.3 Å². The van der Waals surface area contributed by atoms with Gasteiger partial charge in [0.05, 0.1) is 24.8 Å². The third-order valence-corrected chi connectivity index (χ3v) is 5.34. The quantitative estimate of drug-likeness (QED) is 0.614. The van der Waals surface area contributed by atoms with Gasteiger partial charge in [0.25, 0.3) is 0 Å². The van der Waals surface area contributed by atoms with E-state index in [1.54, 1.807) is 0 Å². The van der Waals surface area contributed by atoms with Crippen molar-refractivity contribution in [3.05, 3.63) is 28.8 Å². The van der Waals surface area contributed by atoms with Crippen molar-refractivity contribution >= 4 is 11.3 Å². The fraction of sp³-hybridized carbons (Fsp3) is 0.562. The highest BCUT2D eigenvalue weighted by Crippen LogP contribution is 2.35. The molecule has 4 rings (SSSR count). The van der Waals surface area contributed by atoms with Gasteiger partial charge >= 0.3 is 0 Å². The van der Waals surface area contributed by atoms with Crippen LogP contribution in [0.4, 0.5) is 4.39 Å². The van der Waals surface area contributed by atoms with Crippen LogP contribution in [0.2, 0.25) is 0 Å². The summed E-state index contributed by atoms with van der Waals surface area (Å²) in [7, 11) is 0. The molecule has 0 radical (unpaired) electrons. The Morgan fingerprint density at radius 3 is 2.85 bits per heavy atom. The second kappa shape index (κ2) is 5.68. The zero-order chi connectivity index (χ0) is 14.0. The number of hydrogen-bond acceptors (Lipinski definition) is 2. The Kier molecular flexibility index (Phi) is 3.92. The molecule has 1 aliphatic heterocycles. The predicted octanol–water partition coefficient (Wildman–Crippen LogP) is 5.04. The summed E-state index contributed by atoms with van der Waals surface area (Å²) in [4.78, 5) is 5.55. The van der Waals surface area contributed by atoms with E-state index in [1.807, 2.05) is 30.8 Å². The fourth-order valence-electron chi connectivity index (χ4n) is 3.06. The van der Waals surface area contributed by atoms with Crippen molar-refractivity contribution in [1.29, 1.82) is 0 Å². The van der Waals surface area contributed by atoms with E-state index in [1.165, 1.54) is 22.6 Å². The molecule has 0 atom stereocenters. The average Bonchev–Trinajstić information content (AvgIpc) is 3.13. The molecule has 1 fully saturated rings. The van der Waals surface area contributed by atoms with E-state index in [4.69, 9.17) is 0 Å². The molecule has 2 nitrogen and oxygen atoms in total. The summed E-state index contributed by atoms with van der Waals surface area (Å²) in [5.41, 5.74) is 1.85. The standard InChI is InChI=1S/C8H15F.C8H6N2S/c1-2-8(9)6-4-3-5-7-8;1-2-11-8-4-10-5-9-3-7(10)6(1)8/h2-7H2,1H3;1-3,5H,4H2. The lowest BCUT2D eigenvalue weighted by Crippen LogP contribution is -2.24. The second-order valence-electron chi connectivity index (χ2n) is 5.73. The van der Waals surface area contributed by atoms with Gasteiger partial charge in [-0.1, -0.05) is 26.2 Å². The molecule has 1 saturated carbocycles. The largest absolute Gasteiger partial charge is 0.325 e. The maximum absolute atomic E-state index is 13.3. The Bertz CT molecular complexity index is 528. The highest BCUT2D eigenvalue weighted by Gasteiger charge is 2.28. The van der Waals surface area contributed by atoms with Gasteiger partial charge in [-0.15, -0.1) is 11.3 Å². The molecule has 2 aromatic heterocycles. The maximum atomic E-state index is 13.3. The zero-order valence-electron chi connectivity index (χ0n) is 11.9. The summed E-state index contributed by atoms with van der Waals surface area (Å²) in [5.74, 6) is 0. The van der Waals surface area contributed by atoms with Crippen LogP contribution >= 0.6 is 11.3 Å². The molecule has 4 heteroatoms. The minimum Gasteiger partial charge on any atom is -0.325 e. The van der Waals surface area contributed by atoms with E-state index in [9.17, 15) is 4.39 Å². The van der Waals surface area contributed by atoms with E-state index >= 15 is 0 Å². The van der Waals surface area contributed by atoms with Crippen LogP contribution in [0, 0.1) is 0 Å². The van der Waals surface area contributed by atoms with Crippen molar-refractivity contribution < 1.29 is 4.39 Å². The molecule has 2 aromatic rings. The summed E-state index contributed by atoms with van der Waals surface area (Å²) >= 11 is 1.82. The number of nitrogens with zero attached hydrogens (tertiary/aromatic N) is 2. The summed E-state index contributed by atoms with van der Waals surface area (Å²) in [5, 5.41) is 2.14. The molecular formula is C16H21FN2S. The van der Waals surface area contributed by atoms with Gasteiger partial charge in [0.2, 0.25) is 0 Å². The van der Waals surface area contributed by atoms with Crippen LogP contribution in [0.3, 0.4) is 0 Å². The number of imidazole rings is 1. The Morgan fingerprint density at radius 1 is 1.35 bits per heavy atom. The lowest BCUT2D eigenvalue weighted by molar-refractivity contribution is 0.102. The van der Waals surface area contributed by atoms with Gasteiger partial charge in [0.1, 0.15) is 5.67 Å².